The van der Waals surface area contributed by atoms with Gasteiger partial charge >= 0.3 is 0 Å². The summed E-state index contributed by atoms with van der Waals surface area (Å²) < 4.78 is 20.8. The highest BCUT2D eigenvalue weighted by atomic mass is 31.3. The van der Waals surface area contributed by atoms with Crippen LogP contribution in [-0.4, -0.2) is 48.2 Å². The number of aliphatic hydroxyl groups excluding tert-OH is 1. The van der Waals surface area contributed by atoms with E-state index in [4.69, 9.17) is 14.4 Å². The van der Waals surface area contributed by atoms with Crippen LogP contribution in [0.1, 0.15) is 142 Å². The quantitative estimate of drug-likeness (QED) is 0.0522. The normalized spacial score (nSPS) is 16.3. The first-order chi connectivity index (χ1) is 17.9. The molecule has 0 saturated carbocycles. The summed E-state index contributed by atoms with van der Waals surface area (Å²) in [7, 11) is 1.94. The third-order valence-electron chi connectivity index (χ3n) is 6.49. The molecule has 1 amide bonds. The van der Waals surface area contributed by atoms with Gasteiger partial charge in [0.25, 0.3) is 0 Å². The Hall–Kier alpha value is -0.158. The molecule has 0 saturated heterocycles. The first kappa shape index (κ1) is 31.1. The molecule has 0 bridgehead atoms. The Labute approximate surface area is 225 Å². The van der Waals surface area contributed by atoms with E-state index in [0.29, 0.717) is 6.42 Å². The molecule has 35 heavy (non-hydrogen) atoms. The van der Waals surface area contributed by atoms with E-state index in [-0.39, 0.29) is 12.5 Å². The van der Waals surface area contributed by atoms with Crippen molar-refractivity contribution >= 4 is 30.6 Å². The van der Waals surface area contributed by atoms with Crippen molar-refractivity contribution in [2.75, 3.05) is 6.61 Å². The number of carbonyl (C=O) groups is 1. The number of unbranched alkanes of at least 4 members (excludes halogenated alkanes) is 17. The van der Waals surface area contributed by atoms with Crippen molar-refractivity contribution in [3.63, 3.8) is 0 Å². The van der Waals surface area contributed by atoms with Crippen molar-refractivity contribution in [3.8, 4) is 0 Å². The lowest BCUT2D eigenvalue weighted by molar-refractivity contribution is -0.122. The maximum atomic E-state index is 12.5. The van der Waals surface area contributed by atoms with Crippen molar-refractivity contribution in [2.24, 2.45) is 0 Å². The topological polar surface area (TPSA) is 58.6 Å². The van der Waals surface area contributed by atoms with Gasteiger partial charge in [-0.05, 0) is 19.3 Å². The smallest absolute Gasteiger partial charge is 0.220 e. The molecule has 0 aromatic rings. The molecule has 0 aliphatic carbocycles. The van der Waals surface area contributed by atoms with Gasteiger partial charge < -0.3 is 14.8 Å². The molecular formula is C28H57BNO3PSi. The Morgan fingerprint density at radius 3 is 1.97 bits per heavy atom. The number of amides is 1. The molecule has 0 rings (SSSR count). The molecule has 2 radical (unpaired) electrons. The molecule has 4 atom stereocenters. The number of carbonyl (C=O) groups excluding carboxylic acids is 1. The Morgan fingerprint density at radius 2 is 1.46 bits per heavy atom. The Balaban J connectivity index is 4.27. The maximum absolute atomic E-state index is 12.5. The van der Waals surface area contributed by atoms with E-state index in [2.05, 4.69) is 19.2 Å². The molecule has 0 heterocycles. The van der Waals surface area contributed by atoms with E-state index in [1.165, 1.54) is 89.9 Å². The average molecular weight is 529 g/mol. The molecule has 7 heteroatoms. The molecule has 0 aliphatic rings. The summed E-state index contributed by atoms with van der Waals surface area (Å²) >= 11 is 0. The van der Waals surface area contributed by atoms with E-state index < -0.39 is 29.4 Å². The van der Waals surface area contributed by atoms with Gasteiger partial charge in [-0.3, -0.25) is 4.79 Å². The molecule has 4 nitrogen and oxygen atoms in total. The summed E-state index contributed by atoms with van der Waals surface area (Å²) in [5, 5.41) is 13.6. The number of aliphatic hydroxyl groups is 1. The van der Waals surface area contributed by atoms with E-state index in [0.717, 1.165) is 32.1 Å². The van der Waals surface area contributed by atoms with Gasteiger partial charge in [-0.2, -0.15) is 0 Å². The van der Waals surface area contributed by atoms with Crippen LogP contribution in [0.4, 0.5) is 0 Å². The predicted molar refractivity (Wildman–Crippen MR) is 159 cm³/mol. The summed E-state index contributed by atoms with van der Waals surface area (Å²) in [6.45, 7) is 4.43. The molecule has 0 aromatic carbocycles. The van der Waals surface area contributed by atoms with Crippen molar-refractivity contribution < 1.29 is 14.3 Å². The number of nitrogens with one attached hydrogen (secondary N) is 1. The van der Waals surface area contributed by atoms with E-state index >= 15 is 0 Å². The molecule has 0 spiro atoms. The van der Waals surface area contributed by atoms with Crippen molar-refractivity contribution in [1.29, 1.82) is 2.51 Å². The van der Waals surface area contributed by atoms with Gasteiger partial charge in [-0.15, -0.1) is 8.73 Å². The summed E-state index contributed by atoms with van der Waals surface area (Å²) in [6, 6.07) is -0.650. The first-order valence-electron chi connectivity index (χ1n) is 15.6. The van der Waals surface area contributed by atoms with Crippen molar-refractivity contribution in [3.05, 3.63) is 12.2 Å². The SMILES string of the molecule is [2H][Si]([B])(OC[C@H](NC(=O)CCCCCCCCCCCCC)[C@H](O)/C=C/CCCCCCCCC)P[3H]. The number of hydrogen-bond donors (Lipinski definition) is 2. The molecule has 2 unspecified atom stereocenters. The van der Waals surface area contributed by atoms with Crippen molar-refractivity contribution in [2.45, 2.75) is 154 Å². The summed E-state index contributed by atoms with van der Waals surface area (Å²) in [4.78, 5) is 12.5. The molecule has 0 aromatic heterocycles. The lowest BCUT2D eigenvalue weighted by Crippen LogP contribution is -2.46. The maximum Gasteiger partial charge on any atom is 0.220 e. The minimum atomic E-state index is -3.30. The van der Waals surface area contributed by atoms with Crippen LogP contribution in [-0.2, 0) is 9.22 Å². The second kappa shape index (κ2) is 26.9. The zero-order valence-corrected chi connectivity index (χ0v) is 25.0. The zero-order valence-electron chi connectivity index (χ0n) is 25.0. The molecule has 2 N–H and O–H groups in total. The van der Waals surface area contributed by atoms with E-state index in [9.17, 15) is 9.90 Å². The van der Waals surface area contributed by atoms with Crippen LogP contribution in [0.15, 0.2) is 12.2 Å². The average Bonchev–Trinajstić information content (AvgIpc) is 2.88. The Kier molecular flexibility index (Phi) is 23.9. The highest BCUT2D eigenvalue weighted by Crippen LogP contribution is 2.13. The summed E-state index contributed by atoms with van der Waals surface area (Å²) in [5.74, 6) is -0.105. The minimum absolute atomic E-state index is 0.0367. The van der Waals surface area contributed by atoms with Gasteiger partial charge in [-0.25, -0.2) is 0 Å². The summed E-state index contributed by atoms with van der Waals surface area (Å²) in [5.41, 5.74) is 0. The fourth-order valence-electron chi connectivity index (χ4n) is 4.22. The van der Waals surface area contributed by atoms with Crippen LogP contribution in [0.25, 0.3) is 0 Å². The minimum Gasteiger partial charge on any atom is -0.423 e. The van der Waals surface area contributed by atoms with E-state index in [1.807, 2.05) is 6.08 Å². The highest BCUT2D eigenvalue weighted by Gasteiger charge is 2.19. The predicted octanol–water partition coefficient (Wildman–Crippen LogP) is 7.01. The Bertz CT molecular complexity index is 562. The molecule has 0 aliphatic heterocycles. The van der Waals surface area contributed by atoms with Crippen LogP contribution in [0.3, 0.4) is 0 Å². The third-order valence-corrected chi connectivity index (χ3v) is 7.40. The lowest BCUT2D eigenvalue weighted by Gasteiger charge is -2.23. The van der Waals surface area contributed by atoms with Crippen LogP contribution in [0, 0.1) is 0 Å². The standard InChI is InChI=1S/C28H57BNO3PSi/c1-3-5-7-9-11-13-14-16-18-20-22-24-28(32)30-26(25-33-35(29)34)27(31)23-21-19-17-15-12-10-8-6-4-2/h21,23,26-27,31,35H,3-20,22,24-25,34H2,1-2H3,(H,30,32)/b23-21+/t26-,27+,35?/m0/s1/i34T,35D/t26-,27+,34?,35?. The molecule has 0 fully saturated rings. The second-order valence-electron chi connectivity index (χ2n) is 9.96. The fourth-order valence-corrected chi connectivity index (χ4v) is 4.83. The van der Waals surface area contributed by atoms with Crippen LogP contribution in [0.2, 0.25) is 0 Å². The van der Waals surface area contributed by atoms with Crippen molar-refractivity contribution in [1.82, 2.24) is 5.32 Å². The van der Waals surface area contributed by atoms with Crippen LogP contribution >= 0.6 is 8.73 Å². The lowest BCUT2D eigenvalue weighted by atomic mass is 10.0. The van der Waals surface area contributed by atoms with Gasteiger partial charge in [0.05, 0.1) is 27.5 Å². The third kappa shape index (κ3) is 25.3. The number of hydrogen-bond acceptors (Lipinski definition) is 3. The number of rotatable bonds is 27. The van der Waals surface area contributed by atoms with Gasteiger partial charge in [-0.1, -0.05) is 129 Å². The van der Waals surface area contributed by atoms with Crippen LogP contribution in [0.5, 0.6) is 0 Å². The second-order valence-corrected chi connectivity index (χ2v) is 12.5. The van der Waals surface area contributed by atoms with Crippen LogP contribution < -0.4 is 5.32 Å². The number of allylic oxidation sites excluding steroid dienone is 1. The fraction of sp³-hybridized carbons (Fsp3) is 0.893. The van der Waals surface area contributed by atoms with Gasteiger partial charge in [0.1, 0.15) is 8.51 Å². The van der Waals surface area contributed by atoms with Gasteiger partial charge in [0.15, 0.2) is 0 Å². The largest absolute Gasteiger partial charge is 0.423 e. The van der Waals surface area contributed by atoms with Gasteiger partial charge in [0, 0.05) is 7.66 Å². The molecular weight excluding hydrogens is 468 g/mol. The Morgan fingerprint density at radius 1 is 0.971 bits per heavy atom. The first-order valence-corrected chi connectivity index (χ1v) is 17.6. The monoisotopic (exact) mass is 528 g/mol. The van der Waals surface area contributed by atoms with Gasteiger partial charge in [0.2, 0.25) is 5.91 Å². The molecule has 204 valence electrons. The zero-order chi connectivity index (χ0) is 27.6. The van der Waals surface area contributed by atoms with E-state index in [1.54, 1.807) is 6.08 Å². The summed E-state index contributed by atoms with van der Waals surface area (Å²) in [6.07, 6.45) is 26.4. The highest BCUT2D eigenvalue weighted by molar-refractivity contribution is 7.70.